The van der Waals surface area contributed by atoms with Gasteiger partial charge in [-0.15, -0.1) is 0 Å². The van der Waals surface area contributed by atoms with Crippen LogP contribution in [-0.2, 0) is 29.0 Å². The molecule has 2 atom stereocenters. The Hall–Kier alpha value is -3.61. The van der Waals surface area contributed by atoms with Crippen molar-refractivity contribution < 1.29 is 23.8 Å². The molecule has 7 heteroatoms. The van der Waals surface area contributed by atoms with E-state index in [1.165, 1.54) is 5.56 Å². The smallest absolute Gasteiger partial charge is 0.306 e. The molecular weight excluding hydrogens is 432 g/mol. The van der Waals surface area contributed by atoms with Gasteiger partial charge in [-0.1, -0.05) is 43.3 Å². The van der Waals surface area contributed by atoms with E-state index < -0.39 is 11.9 Å². The van der Waals surface area contributed by atoms with Gasteiger partial charge in [0.25, 0.3) is 0 Å². The van der Waals surface area contributed by atoms with Crippen LogP contribution in [0.5, 0.6) is 5.75 Å². The number of rotatable bonds is 9. The van der Waals surface area contributed by atoms with Crippen molar-refractivity contribution in [3.8, 4) is 5.75 Å². The Balaban J connectivity index is 1.34. The Labute approximate surface area is 199 Å². The third-order valence-electron chi connectivity index (χ3n) is 6.32. The fourth-order valence-electron chi connectivity index (χ4n) is 4.21. The molecule has 0 bridgehead atoms. The molecule has 1 N–H and O–H groups in total. The molecule has 1 fully saturated rings. The minimum atomic E-state index is -0.885. The highest BCUT2D eigenvalue weighted by Crippen LogP contribution is 2.32. The molecule has 1 amide bonds. The highest BCUT2D eigenvalue weighted by molar-refractivity contribution is 5.79. The Morgan fingerprint density at radius 2 is 1.97 bits per heavy atom. The molecule has 2 unspecified atom stereocenters. The number of carbonyl (C=O) groups is 2. The number of aromatic nitrogens is 1. The van der Waals surface area contributed by atoms with Crippen LogP contribution in [0, 0.1) is 12.8 Å². The van der Waals surface area contributed by atoms with Crippen molar-refractivity contribution in [3.63, 3.8) is 0 Å². The fraction of sp³-hybridized carbons (Fsp3) is 0.370. The molecule has 0 aliphatic carbocycles. The summed E-state index contributed by atoms with van der Waals surface area (Å²) in [4.78, 5) is 30.5. The summed E-state index contributed by atoms with van der Waals surface area (Å²) in [5, 5.41) is 9.10. The molecular formula is C27H30N2O5. The number of nitrogens with zero attached hydrogens (tertiary/aromatic N) is 2. The van der Waals surface area contributed by atoms with Crippen molar-refractivity contribution in [2.45, 2.75) is 52.2 Å². The number of carboxylic acids is 1. The molecule has 0 radical (unpaired) electrons. The van der Waals surface area contributed by atoms with Crippen molar-refractivity contribution >= 4 is 11.9 Å². The molecule has 7 nitrogen and oxygen atoms in total. The van der Waals surface area contributed by atoms with E-state index in [0.717, 1.165) is 29.7 Å². The van der Waals surface area contributed by atoms with Crippen LogP contribution in [0.25, 0.3) is 0 Å². The number of carboxylic acid groups (broad SMARTS) is 1. The summed E-state index contributed by atoms with van der Waals surface area (Å²) in [7, 11) is 0. The first-order chi connectivity index (χ1) is 16.4. The first kappa shape index (κ1) is 23.5. The largest absolute Gasteiger partial charge is 0.489 e. The van der Waals surface area contributed by atoms with Gasteiger partial charge in [0, 0.05) is 13.0 Å². The molecule has 2 aromatic carbocycles. The van der Waals surface area contributed by atoms with Gasteiger partial charge in [0.2, 0.25) is 5.91 Å². The summed E-state index contributed by atoms with van der Waals surface area (Å²) >= 11 is 0. The second-order valence-electron chi connectivity index (χ2n) is 8.89. The predicted molar refractivity (Wildman–Crippen MR) is 126 cm³/mol. The Kier molecular flexibility index (Phi) is 7.30. The van der Waals surface area contributed by atoms with Gasteiger partial charge >= 0.3 is 5.97 Å². The van der Waals surface area contributed by atoms with Crippen LogP contribution in [0.2, 0.25) is 0 Å². The zero-order chi connectivity index (χ0) is 24.1. The number of aryl methyl sites for hydroxylation is 1. The van der Waals surface area contributed by atoms with Gasteiger partial charge in [0.1, 0.15) is 24.3 Å². The predicted octanol–water partition coefficient (Wildman–Crippen LogP) is 4.73. The minimum Gasteiger partial charge on any atom is -0.489 e. The lowest BCUT2D eigenvalue weighted by Gasteiger charge is -2.23. The molecule has 1 aliphatic rings. The molecule has 34 heavy (non-hydrogen) atoms. The normalized spacial score (nSPS) is 16.4. The number of hydrogen-bond acceptors (Lipinski definition) is 5. The van der Waals surface area contributed by atoms with E-state index in [0.29, 0.717) is 31.2 Å². The van der Waals surface area contributed by atoms with E-state index in [4.69, 9.17) is 14.3 Å². The number of likely N-dealkylation sites (tertiary alicyclic amines) is 1. The van der Waals surface area contributed by atoms with E-state index in [9.17, 15) is 9.59 Å². The first-order valence-corrected chi connectivity index (χ1v) is 11.6. The summed E-state index contributed by atoms with van der Waals surface area (Å²) in [6.07, 6.45) is 3.80. The zero-order valence-corrected chi connectivity index (χ0v) is 19.6. The SMILES string of the molecule is Cc1ccccc1COc1ccc(CC(=O)N2CCCC2c2coc(CC(C)C(=O)O)n2)cc1. The van der Waals surface area contributed by atoms with Crippen LogP contribution in [0.15, 0.2) is 59.2 Å². The maximum absolute atomic E-state index is 13.1. The lowest BCUT2D eigenvalue weighted by Crippen LogP contribution is -2.32. The van der Waals surface area contributed by atoms with Gasteiger partial charge in [0.15, 0.2) is 5.89 Å². The molecule has 3 aromatic rings. The van der Waals surface area contributed by atoms with Crippen LogP contribution < -0.4 is 4.74 Å². The summed E-state index contributed by atoms with van der Waals surface area (Å²) < 4.78 is 11.4. The third kappa shape index (κ3) is 5.65. The van der Waals surface area contributed by atoms with Crippen molar-refractivity contribution in [2.24, 2.45) is 5.92 Å². The van der Waals surface area contributed by atoms with E-state index in [2.05, 4.69) is 24.0 Å². The number of oxazole rings is 1. The lowest BCUT2D eigenvalue weighted by molar-refractivity contribution is -0.141. The monoisotopic (exact) mass is 462 g/mol. The van der Waals surface area contributed by atoms with Crippen LogP contribution in [0.3, 0.4) is 0 Å². The third-order valence-corrected chi connectivity index (χ3v) is 6.32. The first-order valence-electron chi connectivity index (χ1n) is 11.6. The van der Waals surface area contributed by atoms with E-state index in [1.54, 1.807) is 13.2 Å². The van der Waals surface area contributed by atoms with Crippen LogP contribution in [-0.4, -0.2) is 33.4 Å². The van der Waals surface area contributed by atoms with Gasteiger partial charge in [-0.05, 0) is 48.6 Å². The average molecular weight is 463 g/mol. The molecule has 1 aliphatic heterocycles. The van der Waals surface area contributed by atoms with E-state index in [1.807, 2.05) is 41.3 Å². The summed E-state index contributed by atoms with van der Waals surface area (Å²) in [6, 6.07) is 15.6. The second kappa shape index (κ2) is 10.5. The molecule has 1 saturated heterocycles. The second-order valence-corrected chi connectivity index (χ2v) is 8.89. The van der Waals surface area contributed by atoms with Gasteiger partial charge in [0.05, 0.1) is 18.4 Å². The molecule has 2 heterocycles. The highest BCUT2D eigenvalue weighted by Gasteiger charge is 2.32. The van der Waals surface area contributed by atoms with Crippen LogP contribution >= 0.6 is 0 Å². The van der Waals surface area contributed by atoms with Crippen molar-refractivity contribution in [2.75, 3.05) is 6.54 Å². The van der Waals surface area contributed by atoms with Crippen LogP contribution in [0.4, 0.5) is 0 Å². The van der Waals surface area contributed by atoms with Gasteiger partial charge in [-0.2, -0.15) is 0 Å². The highest BCUT2D eigenvalue weighted by atomic mass is 16.5. The van der Waals surface area contributed by atoms with E-state index in [-0.39, 0.29) is 18.4 Å². The quantitative estimate of drug-likeness (QED) is 0.494. The maximum atomic E-state index is 13.1. The number of aliphatic carboxylic acids is 1. The van der Waals surface area contributed by atoms with Crippen molar-refractivity contribution in [1.29, 1.82) is 0 Å². The zero-order valence-electron chi connectivity index (χ0n) is 19.6. The number of benzene rings is 2. The summed E-state index contributed by atoms with van der Waals surface area (Å²) in [6.45, 7) is 4.87. The Morgan fingerprint density at radius 3 is 2.71 bits per heavy atom. The van der Waals surface area contributed by atoms with Gasteiger partial charge < -0.3 is 19.2 Å². The van der Waals surface area contributed by atoms with Crippen LogP contribution in [0.1, 0.15) is 54.1 Å². The molecule has 0 spiro atoms. The molecule has 4 rings (SSSR count). The fourth-order valence-corrected chi connectivity index (χ4v) is 4.21. The van der Waals surface area contributed by atoms with Gasteiger partial charge in [-0.25, -0.2) is 4.98 Å². The van der Waals surface area contributed by atoms with E-state index >= 15 is 0 Å². The summed E-state index contributed by atoms with van der Waals surface area (Å²) in [5.41, 5.74) is 3.96. The summed E-state index contributed by atoms with van der Waals surface area (Å²) in [5.74, 6) is -0.255. The molecule has 178 valence electrons. The van der Waals surface area contributed by atoms with Crippen molar-refractivity contribution in [1.82, 2.24) is 9.88 Å². The topological polar surface area (TPSA) is 92.9 Å². The standard InChI is InChI=1S/C27H30N2O5/c1-18-6-3-4-7-21(18)16-33-22-11-9-20(10-12-22)15-26(30)29-13-5-8-24(29)23-17-34-25(28-23)14-19(2)27(31)32/h3-4,6-7,9-12,17,19,24H,5,8,13-16H2,1-2H3,(H,31,32). The number of ether oxygens (including phenoxy) is 1. The number of carbonyl (C=O) groups excluding carboxylic acids is 1. The number of amides is 1. The lowest BCUT2D eigenvalue weighted by atomic mass is 10.1. The number of hydrogen-bond donors (Lipinski definition) is 1. The molecule has 0 saturated carbocycles. The Morgan fingerprint density at radius 1 is 1.21 bits per heavy atom. The van der Waals surface area contributed by atoms with Gasteiger partial charge in [-0.3, -0.25) is 9.59 Å². The average Bonchev–Trinajstić information content (AvgIpc) is 3.49. The minimum absolute atomic E-state index is 0.0412. The van der Waals surface area contributed by atoms with Crippen molar-refractivity contribution in [3.05, 3.63) is 83.1 Å². The Bertz CT molecular complexity index is 1140. The maximum Gasteiger partial charge on any atom is 0.306 e. The molecule has 1 aromatic heterocycles.